The van der Waals surface area contributed by atoms with Crippen LogP contribution in [0.3, 0.4) is 0 Å². The number of ether oxygens (including phenoxy) is 3. The van der Waals surface area contributed by atoms with E-state index in [0.717, 1.165) is 22.6 Å². The molecular formula is C28H30N6O5. The predicted molar refractivity (Wildman–Crippen MR) is 144 cm³/mol. The van der Waals surface area contributed by atoms with E-state index in [1.54, 1.807) is 37.4 Å². The smallest absolute Gasteiger partial charge is 0.255 e. The summed E-state index contributed by atoms with van der Waals surface area (Å²) in [4.78, 5) is 23.3. The first-order valence-corrected chi connectivity index (χ1v) is 12.7. The van der Waals surface area contributed by atoms with Gasteiger partial charge in [0.15, 0.2) is 5.76 Å². The maximum absolute atomic E-state index is 12.7. The van der Waals surface area contributed by atoms with Crippen LogP contribution >= 0.6 is 0 Å². The first-order chi connectivity index (χ1) is 19.1. The number of rotatable bonds is 8. The third-order valence-electron chi connectivity index (χ3n) is 6.56. The summed E-state index contributed by atoms with van der Waals surface area (Å²) in [5.41, 5.74) is 5.02. The summed E-state index contributed by atoms with van der Waals surface area (Å²) < 4.78 is 21.9. The van der Waals surface area contributed by atoms with Crippen molar-refractivity contribution in [3.05, 3.63) is 82.5 Å². The van der Waals surface area contributed by atoms with E-state index in [1.807, 2.05) is 37.3 Å². The molecule has 11 heteroatoms. The Labute approximate surface area is 226 Å². The molecule has 0 aliphatic carbocycles. The van der Waals surface area contributed by atoms with E-state index in [1.165, 1.54) is 0 Å². The molecule has 1 atom stereocenters. The Balaban J connectivity index is 1.27. The normalized spacial score (nSPS) is 17.7. The van der Waals surface area contributed by atoms with Crippen molar-refractivity contribution in [2.45, 2.75) is 20.1 Å². The molecule has 0 saturated carbocycles. The number of aromatic nitrogens is 2. The van der Waals surface area contributed by atoms with Gasteiger partial charge in [0.1, 0.15) is 24.6 Å². The summed E-state index contributed by atoms with van der Waals surface area (Å²) in [7, 11) is 3.28. The molecular weight excluding hydrogens is 500 g/mol. The Morgan fingerprint density at radius 3 is 2.64 bits per heavy atom. The average molecular weight is 531 g/mol. The fourth-order valence-electron chi connectivity index (χ4n) is 4.50. The molecule has 2 aromatic heterocycles. The molecule has 0 radical (unpaired) electrons. The highest BCUT2D eigenvalue weighted by Gasteiger charge is 2.30. The van der Waals surface area contributed by atoms with Crippen LogP contribution < -0.4 is 0 Å². The number of hydrogen-bond donors (Lipinski definition) is 0. The van der Waals surface area contributed by atoms with Crippen LogP contribution in [0.4, 0.5) is 0 Å². The number of carbonyl (C=O) groups is 1. The highest BCUT2D eigenvalue weighted by molar-refractivity contribution is 6.24. The van der Waals surface area contributed by atoms with Gasteiger partial charge in [0.05, 0.1) is 30.2 Å². The second-order valence-corrected chi connectivity index (χ2v) is 9.11. The van der Waals surface area contributed by atoms with Crippen LogP contribution in [-0.4, -0.2) is 78.7 Å². The van der Waals surface area contributed by atoms with Crippen molar-refractivity contribution in [2.24, 2.45) is 21.1 Å². The Morgan fingerprint density at radius 2 is 1.90 bits per heavy atom. The molecule has 4 heterocycles. The summed E-state index contributed by atoms with van der Waals surface area (Å²) in [6.07, 6.45) is 1.59. The van der Waals surface area contributed by atoms with Gasteiger partial charge in [-0.25, -0.2) is 0 Å². The largest absolute Gasteiger partial charge is 0.471 e. The van der Waals surface area contributed by atoms with Gasteiger partial charge in [0.2, 0.25) is 5.90 Å². The maximum atomic E-state index is 12.7. The van der Waals surface area contributed by atoms with E-state index in [2.05, 4.69) is 25.3 Å². The van der Waals surface area contributed by atoms with Crippen molar-refractivity contribution in [3.63, 3.8) is 0 Å². The van der Waals surface area contributed by atoms with Crippen LogP contribution in [0.25, 0.3) is 0 Å². The first-order valence-electron chi connectivity index (χ1n) is 12.7. The highest BCUT2D eigenvalue weighted by atomic mass is 16.5. The summed E-state index contributed by atoms with van der Waals surface area (Å²) in [6.45, 7) is 4.84. The Morgan fingerprint density at radius 1 is 1.10 bits per heavy atom. The Kier molecular flexibility index (Phi) is 8.18. The standard InChI is InChI=1S/C28H30N6O5/c1-18-25(31-32-26(18)24-14-21(17-36-3)39-33-24)22-6-4-5-7-23(22)27(29-2)38-16-20-9-8-19(15-30-20)28(35)34-10-12-37-13-11-34/h4-9,14-15,18H,10-13,16-17H2,1-3H3/b29-27+. The number of pyridine rings is 1. The SMILES string of the molecule is C/N=C(/OCc1ccc(C(=O)N2CCOCC2)cn1)c1ccccc1C1=NN=C(c2cc(COC)on2)C1C. The zero-order chi connectivity index (χ0) is 27.2. The molecule has 0 bridgehead atoms. The molecule has 39 heavy (non-hydrogen) atoms. The molecule has 1 amide bonds. The molecule has 1 aromatic carbocycles. The van der Waals surface area contributed by atoms with Gasteiger partial charge in [-0.05, 0) is 18.2 Å². The Hall–Kier alpha value is -4.22. The highest BCUT2D eigenvalue weighted by Crippen LogP contribution is 2.25. The van der Waals surface area contributed by atoms with Gasteiger partial charge in [0.25, 0.3) is 5.91 Å². The third-order valence-corrected chi connectivity index (χ3v) is 6.56. The summed E-state index contributed by atoms with van der Waals surface area (Å²) in [5.74, 6) is 0.907. The quantitative estimate of drug-likeness (QED) is 0.324. The van der Waals surface area contributed by atoms with Crippen LogP contribution in [0.15, 0.2) is 68.4 Å². The van der Waals surface area contributed by atoms with Crippen LogP contribution in [-0.2, 0) is 27.4 Å². The van der Waals surface area contributed by atoms with Crippen molar-refractivity contribution < 1.29 is 23.5 Å². The lowest BCUT2D eigenvalue weighted by Gasteiger charge is -2.26. The van der Waals surface area contributed by atoms with Gasteiger partial charge in [-0.1, -0.05) is 30.3 Å². The zero-order valence-electron chi connectivity index (χ0n) is 22.2. The van der Waals surface area contributed by atoms with Crippen molar-refractivity contribution in [1.29, 1.82) is 0 Å². The second kappa shape index (κ2) is 12.1. The van der Waals surface area contributed by atoms with E-state index in [9.17, 15) is 4.79 Å². The molecule has 2 aliphatic rings. The Bertz CT molecular complexity index is 1410. The van der Waals surface area contributed by atoms with Crippen molar-refractivity contribution in [1.82, 2.24) is 15.0 Å². The van der Waals surface area contributed by atoms with Crippen LogP contribution in [0.1, 0.15) is 45.6 Å². The van der Waals surface area contributed by atoms with Crippen molar-refractivity contribution >= 4 is 23.2 Å². The maximum Gasteiger partial charge on any atom is 0.255 e. The minimum absolute atomic E-state index is 0.0448. The second-order valence-electron chi connectivity index (χ2n) is 9.11. The molecule has 5 rings (SSSR count). The summed E-state index contributed by atoms with van der Waals surface area (Å²) in [5, 5.41) is 13.0. The van der Waals surface area contributed by atoms with Gasteiger partial charge >= 0.3 is 0 Å². The van der Waals surface area contributed by atoms with Gasteiger partial charge in [-0.3, -0.25) is 14.8 Å². The molecule has 1 unspecified atom stereocenters. The van der Waals surface area contributed by atoms with Gasteiger partial charge in [-0.15, -0.1) is 0 Å². The number of morpholine rings is 1. The minimum atomic E-state index is -0.122. The number of nitrogens with zero attached hydrogens (tertiary/aromatic N) is 6. The molecule has 1 saturated heterocycles. The molecule has 1 fully saturated rings. The van der Waals surface area contributed by atoms with E-state index in [-0.39, 0.29) is 18.4 Å². The molecule has 0 N–H and O–H groups in total. The van der Waals surface area contributed by atoms with Crippen LogP contribution in [0.5, 0.6) is 0 Å². The van der Waals surface area contributed by atoms with E-state index < -0.39 is 0 Å². The van der Waals surface area contributed by atoms with Crippen molar-refractivity contribution in [3.8, 4) is 0 Å². The third kappa shape index (κ3) is 5.79. The topological polar surface area (TPSA) is 124 Å². The number of benzene rings is 1. The van der Waals surface area contributed by atoms with E-state index in [0.29, 0.717) is 61.5 Å². The lowest BCUT2D eigenvalue weighted by molar-refractivity contribution is 0.0302. The van der Waals surface area contributed by atoms with E-state index >= 15 is 0 Å². The van der Waals surface area contributed by atoms with Gasteiger partial charge in [-0.2, -0.15) is 10.2 Å². The van der Waals surface area contributed by atoms with Gasteiger partial charge < -0.3 is 23.6 Å². The average Bonchev–Trinajstić information content (AvgIpc) is 3.60. The monoisotopic (exact) mass is 530 g/mol. The number of hydrogen-bond acceptors (Lipinski definition) is 10. The van der Waals surface area contributed by atoms with Gasteiger partial charge in [0, 0.05) is 56.6 Å². The number of methoxy groups -OCH3 is 1. The molecule has 2 aliphatic heterocycles. The molecule has 11 nitrogen and oxygen atoms in total. The zero-order valence-corrected chi connectivity index (χ0v) is 22.2. The van der Waals surface area contributed by atoms with Crippen molar-refractivity contribution in [2.75, 3.05) is 40.5 Å². The van der Waals surface area contributed by atoms with Crippen LogP contribution in [0, 0.1) is 5.92 Å². The molecule has 202 valence electrons. The fraction of sp³-hybridized carbons (Fsp3) is 0.357. The first kappa shape index (κ1) is 26.4. The fourth-order valence-corrected chi connectivity index (χ4v) is 4.50. The summed E-state index contributed by atoms with van der Waals surface area (Å²) >= 11 is 0. The number of amides is 1. The molecule has 0 spiro atoms. The lowest BCUT2D eigenvalue weighted by Crippen LogP contribution is -2.40. The van der Waals surface area contributed by atoms with Crippen LogP contribution in [0.2, 0.25) is 0 Å². The van der Waals surface area contributed by atoms with E-state index in [4.69, 9.17) is 18.7 Å². The lowest BCUT2D eigenvalue weighted by atomic mass is 9.90. The predicted octanol–water partition coefficient (Wildman–Crippen LogP) is 3.12. The number of aliphatic imine (C=N–C) groups is 1. The number of carbonyl (C=O) groups excluding carboxylic acids is 1. The minimum Gasteiger partial charge on any atom is -0.471 e. The molecule has 3 aromatic rings. The summed E-state index contributed by atoms with van der Waals surface area (Å²) in [6, 6.07) is 13.2.